The fourth-order valence-corrected chi connectivity index (χ4v) is 4.24. The van der Waals surface area contributed by atoms with Crippen LogP contribution in [0.3, 0.4) is 0 Å². The predicted octanol–water partition coefficient (Wildman–Crippen LogP) is 0.950. The van der Waals surface area contributed by atoms with Crippen LogP contribution in [-0.4, -0.2) is 47.3 Å². The second-order valence-electron chi connectivity index (χ2n) is 6.12. The average Bonchev–Trinajstić information content (AvgIpc) is 3.04. The molecular weight excluding hydrogens is 316 g/mol. The van der Waals surface area contributed by atoms with Gasteiger partial charge >= 0.3 is 0 Å². The van der Waals surface area contributed by atoms with E-state index < -0.39 is 16.1 Å². The van der Waals surface area contributed by atoms with Crippen LogP contribution in [0.15, 0.2) is 0 Å². The van der Waals surface area contributed by atoms with Crippen LogP contribution >= 0.6 is 0 Å². The molecule has 1 aliphatic rings. The molecule has 23 heavy (non-hydrogen) atoms. The molecule has 1 aromatic rings. The SMILES string of the molecule is CCCn1nc(C)c(CNC(=O)[C@@H]2CCCN2S(C)(=O)=O)c1C. The van der Waals surface area contributed by atoms with Gasteiger partial charge < -0.3 is 5.32 Å². The average molecular weight is 342 g/mol. The van der Waals surface area contributed by atoms with Gasteiger partial charge in [-0.15, -0.1) is 0 Å². The van der Waals surface area contributed by atoms with Gasteiger partial charge in [0.2, 0.25) is 15.9 Å². The Morgan fingerprint density at radius 3 is 2.70 bits per heavy atom. The predicted molar refractivity (Wildman–Crippen MR) is 88.4 cm³/mol. The summed E-state index contributed by atoms with van der Waals surface area (Å²) in [5.74, 6) is -0.227. The smallest absolute Gasteiger partial charge is 0.238 e. The number of aromatic nitrogens is 2. The van der Waals surface area contributed by atoms with Crippen molar-refractivity contribution in [3.05, 3.63) is 17.0 Å². The molecule has 1 N–H and O–H groups in total. The molecule has 0 aromatic carbocycles. The monoisotopic (exact) mass is 342 g/mol. The third kappa shape index (κ3) is 3.92. The molecule has 2 rings (SSSR count). The summed E-state index contributed by atoms with van der Waals surface area (Å²) >= 11 is 0. The van der Waals surface area contributed by atoms with Crippen LogP contribution in [0.2, 0.25) is 0 Å². The Bertz CT molecular complexity index is 681. The van der Waals surface area contributed by atoms with Crippen LogP contribution in [0.1, 0.15) is 43.1 Å². The molecule has 1 aliphatic heterocycles. The summed E-state index contributed by atoms with van der Waals surface area (Å²) < 4.78 is 26.7. The summed E-state index contributed by atoms with van der Waals surface area (Å²) in [6.07, 6.45) is 3.45. The number of hydrogen-bond acceptors (Lipinski definition) is 4. The van der Waals surface area contributed by atoms with Crippen LogP contribution in [-0.2, 0) is 27.9 Å². The molecule has 1 amide bonds. The molecule has 0 saturated carbocycles. The number of nitrogens with zero attached hydrogens (tertiary/aromatic N) is 3. The van der Waals surface area contributed by atoms with E-state index in [-0.39, 0.29) is 5.91 Å². The van der Waals surface area contributed by atoms with E-state index in [1.807, 2.05) is 18.5 Å². The molecule has 0 radical (unpaired) electrons. The first-order valence-electron chi connectivity index (χ1n) is 8.03. The molecule has 1 fully saturated rings. The molecule has 2 heterocycles. The van der Waals surface area contributed by atoms with Crippen molar-refractivity contribution in [3.8, 4) is 0 Å². The van der Waals surface area contributed by atoms with Gasteiger partial charge in [0.05, 0.1) is 11.9 Å². The summed E-state index contributed by atoms with van der Waals surface area (Å²) in [6, 6.07) is -0.587. The molecule has 130 valence electrons. The first kappa shape index (κ1) is 17.9. The second kappa shape index (κ2) is 7.00. The number of nitrogens with one attached hydrogen (secondary N) is 1. The van der Waals surface area contributed by atoms with Crippen LogP contribution < -0.4 is 5.32 Å². The quantitative estimate of drug-likeness (QED) is 0.834. The maximum absolute atomic E-state index is 12.4. The highest BCUT2D eigenvalue weighted by Gasteiger charge is 2.36. The van der Waals surface area contributed by atoms with Gasteiger partial charge in [-0.3, -0.25) is 9.48 Å². The van der Waals surface area contributed by atoms with Crippen molar-refractivity contribution >= 4 is 15.9 Å². The highest BCUT2D eigenvalue weighted by Crippen LogP contribution is 2.21. The highest BCUT2D eigenvalue weighted by atomic mass is 32.2. The number of sulfonamides is 1. The zero-order chi connectivity index (χ0) is 17.2. The number of hydrogen-bond donors (Lipinski definition) is 1. The number of aryl methyl sites for hydroxylation is 2. The molecule has 7 nitrogen and oxygen atoms in total. The van der Waals surface area contributed by atoms with E-state index in [1.54, 1.807) is 0 Å². The Labute approximate surface area is 138 Å². The van der Waals surface area contributed by atoms with Crippen LogP contribution in [0.4, 0.5) is 0 Å². The number of rotatable bonds is 6. The Morgan fingerprint density at radius 1 is 1.39 bits per heavy atom. The Kier molecular flexibility index (Phi) is 5.46. The van der Waals surface area contributed by atoms with E-state index in [1.165, 1.54) is 4.31 Å². The normalized spacial score (nSPS) is 19.2. The molecule has 0 bridgehead atoms. The minimum atomic E-state index is -3.34. The molecule has 1 atom stereocenters. The van der Waals surface area contributed by atoms with Crippen molar-refractivity contribution < 1.29 is 13.2 Å². The highest BCUT2D eigenvalue weighted by molar-refractivity contribution is 7.88. The first-order chi connectivity index (χ1) is 10.8. The van der Waals surface area contributed by atoms with Crippen molar-refractivity contribution in [2.75, 3.05) is 12.8 Å². The van der Waals surface area contributed by atoms with Gasteiger partial charge in [0, 0.05) is 30.9 Å². The summed E-state index contributed by atoms with van der Waals surface area (Å²) in [4.78, 5) is 12.4. The minimum Gasteiger partial charge on any atom is -0.350 e. The zero-order valence-electron chi connectivity index (χ0n) is 14.3. The standard InChI is InChI=1S/C15H26N4O3S/c1-5-8-18-12(3)13(11(2)17-18)10-16-15(20)14-7-6-9-19(14)23(4,21)22/h14H,5-10H2,1-4H3,(H,16,20)/t14-/m0/s1. The van der Waals surface area contributed by atoms with E-state index in [0.717, 1.165) is 42.6 Å². The second-order valence-corrected chi connectivity index (χ2v) is 8.06. The van der Waals surface area contributed by atoms with Gasteiger partial charge in [-0.1, -0.05) is 6.92 Å². The lowest BCUT2D eigenvalue weighted by Gasteiger charge is -2.21. The summed E-state index contributed by atoms with van der Waals surface area (Å²) in [7, 11) is -3.34. The lowest BCUT2D eigenvalue weighted by Crippen LogP contribution is -2.45. The lowest BCUT2D eigenvalue weighted by atomic mass is 10.1. The van der Waals surface area contributed by atoms with Crippen LogP contribution in [0.5, 0.6) is 0 Å². The minimum absolute atomic E-state index is 0.227. The van der Waals surface area contributed by atoms with Crippen molar-refractivity contribution in [2.45, 2.75) is 59.2 Å². The Hall–Kier alpha value is -1.41. The third-order valence-corrected chi connectivity index (χ3v) is 5.63. The fourth-order valence-electron chi connectivity index (χ4n) is 3.11. The van der Waals surface area contributed by atoms with Gasteiger partial charge in [0.15, 0.2) is 0 Å². The summed E-state index contributed by atoms with van der Waals surface area (Å²) in [5, 5.41) is 7.37. The van der Waals surface area contributed by atoms with E-state index in [4.69, 9.17) is 0 Å². The van der Waals surface area contributed by atoms with E-state index in [0.29, 0.717) is 19.5 Å². The molecule has 8 heteroatoms. The van der Waals surface area contributed by atoms with Crippen molar-refractivity contribution in [2.24, 2.45) is 0 Å². The third-order valence-electron chi connectivity index (χ3n) is 4.34. The maximum Gasteiger partial charge on any atom is 0.238 e. The van der Waals surface area contributed by atoms with Gasteiger partial charge in [0.1, 0.15) is 6.04 Å². The zero-order valence-corrected chi connectivity index (χ0v) is 15.1. The Balaban J connectivity index is 2.05. The van der Waals surface area contributed by atoms with Crippen LogP contribution in [0.25, 0.3) is 0 Å². The van der Waals surface area contributed by atoms with Gasteiger partial charge in [-0.25, -0.2) is 8.42 Å². The van der Waals surface area contributed by atoms with Gasteiger partial charge in [0.25, 0.3) is 0 Å². The molecule has 0 unspecified atom stereocenters. The van der Waals surface area contributed by atoms with E-state index in [9.17, 15) is 13.2 Å². The largest absolute Gasteiger partial charge is 0.350 e. The number of carbonyl (C=O) groups excluding carboxylic acids is 1. The summed E-state index contributed by atoms with van der Waals surface area (Å²) in [5.41, 5.74) is 2.97. The van der Waals surface area contributed by atoms with Gasteiger partial charge in [-0.05, 0) is 33.1 Å². The van der Waals surface area contributed by atoms with Gasteiger partial charge in [-0.2, -0.15) is 9.40 Å². The van der Waals surface area contributed by atoms with E-state index in [2.05, 4.69) is 17.3 Å². The molecule has 0 aliphatic carbocycles. The topological polar surface area (TPSA) is 84.3 Å². The fraction of sp³-hybridized carbons (Fsp3) is 0.733. The summed E-state index contributed by atoms with van der Waals surface area (Å²) in [6.45, 7) is 7.68. The number of carbonyl (C=O) groups is 1. The number of amides is 1. The molecular formula is C15H26N4O3S. The first-order valence-corrected chi connectivity index (χ1v) is 9.88. The Morgan fingerprint density at radius 2 is 2.09 bits per heavy atom. The molecule has 1 saturated heterocycles. The van der Waals surface area contributed by atoms with Crippen LogP contribution in [0, 0.1) is 13.8 Å². The van der Waals surface area contributed by atoms with E-state index >= 15 is 0 Å². The van der Waals surface area contributed by atoms with Crippen molar-refractivity contribution in [1.82, 2.24) is 19.4 Å². The maximum atomic E-state index is 12.4. The lowest BCUT2D eigenvalue weighted by molar-refractivity contribution is -0.124. The van der Waals surface area contributed by atoms with Crippen molar-refractivity contribution in [1.29, 1.82) is 0 Å². The molecule has 1 aromatic heterocycles. The van der Waals surface area contributed by atoms with Crippen molar-refractivity contribution in [3.63, 3.8) is 0 Å². The molecule has 0 spiro atoms.